The Hall–Kier alpha value is -1.02. The van der Waals surface area contributed by atoms with Crippen molar-refractivity contribution >= 4 is 0 Å². The highest BCUT2D eigenvalue weighted by atomic mass is 16.5. The highest BCUT2D eigenvalue weighted by Crippen LogP contribution is 2.27. The van der Waals surface area contributed by atoms with Crippen LogP contribution in [0.5, 0.6) is 5.75 Å². The molecule has 2 nitrogen and oxygen atoms in total. The van der Waals surface area contributed by atoms with Crippen LogP contribution in [0.4, 0.5) is 0 Å². The molecule has 0 aliphatic carbocycles. The van der Waals surface area contributed by atoms with Gasteiger partial charge in [0.25, 0.3) is 0 Å². The van der Waals surface area contributed by atoms with Crippen LogP contribution in [0.1, 0.15) is 51.2 Å². The highest BCUT2D eigenvalue weighted by molar-refractivity contribution is 5.39. The van der Waals surface area contributed by atoms with E-state index in [1.807, 2.05) is 0 Å². The molecule has 1 aromatic rings. The van der Waals surface area contributed by atoms with Gasteiger partial charge in [-0.3, -0.25) is 4.90 Å². The zero-order valence-electron chi connectivity index (χ0n) is 14.4. The van der Waals surface area contributed by atoms with Gasteiger partial charge in [-0.15, -0.1) is 0 Å². The minimum Gasteiger partial charge on any atom is -0.492 e. The molecule has 0 spiro atoms. The monoisotopic (exact) mass is 289 g/mol. The van der Waals surface area contributed by atoms with E-state index in [2.05, 4.69) is 57.7 Å². The molecule has 0 bridgehead atoms. The minimum atomic E-state index is 0.510. The van der Waals surface area contributed by atoms with Gasteiger partial charge < -0.3 is 4.74 Å². The van der Waals surface area contributed by atoms with E-state index in [9.17, 15) is 0 Å². The van der Waals surface area contributed by atoms with Gasteiger partial charge in [0.2, 0.25) is 0 Å². The van der Waals surface area contributed by atoms with Crippen LogP contribution in [0.15, 0.2) is 18.2 Å². The molecule has 0 aromatic heterocycles. The first kappa shape index (κ1) is 16.4. The van der Waals surface area contributed by atoms with Crippen LogP contribution in [-0.4, -0.2) is 31.1 Å². The van der Waals surface area contributed by atoms with Gasteiger partial charge in [0.15, 0.2) is 0 Å². The van der Waals surface area contributed by atoms with E-state index in [4.69, 9.17) is 4.74 Å². The molecule has 21 heavy (non-hydrogen) atoms. The standard InChI is InChI=1S/C19H31NO/c1-14(2)18-7-6-15(3)11-19(18)21-9-8-20-12-16(4)10-17(5)13-20/h6-7,11,14,16-17H,8-10,12-13H2,1-5H3/t16-,17+. The fourth-order valence-corrected chi connectivity index (χ4v) is 3.50. The summed E-state index contributed by atoms with van der Waals surface area (Å²) in [4.78, 5) is 2.56. The Bertz CT molecular complexity index is 445. The Morgan fingerprint density at radius 2 is 1.86 bits per heavy atom. The molecule has 0 radical (unpaired) electrons. The maximum atomic E-state index is 6.11. The van der Waals surface area contributed by atoms with Crippen molar-refractivity contribution in [1.29, 1.82) is 0 Å². The highest BCUT2D eigenvalue weighted by Gasteiger charge is 2.21. The summed E-state index contributed by atoms with van der Waals surface area (Å²) in [7, 11) is 0. The second-order valence-electron chi connectivity index (χ2n) is 7.25. The van der Waals surface area contributed by atoms with E-state index >= 15 is 0 Å². The van der Waals surface area contributed by atoms with Crippen molar-refractivity contribution in [3.63, 3.8) is 0 Å². The van der Waals surface area contributed by atoms with Gasteiger partial charge in [-0.05, 0) is 48.3 Å². The average molecular weight is 289 g/mol. The first-order chi connectivity index (χ1) is 9.95. The smallest absolute Gasteiger partial charge is 0.123 e. The largest absolute Gasteiger partial charge is 0.492 e. The molecule has 2 rings (SSSR count). The van der Waals surface area contributed by atoms with Crippen LogP contribution in [0.2, 0.25) is 0 Å². The third-order valence-electron chi connectivity index (χ3n) is 4.40. The fraction of sp³-hybridized carbons (Fsp3) is 0.684. The SMILES string of the molecule is Cc1ccc(C(C)C)c(OCCN2C[C@H](C)C[C@H](C)C2)c1. The molecule has 2 heteroatoms. The number of benzene rings is 1. The van der Waals surface area contributed by atoms with Crippen molar-refractivity contribution in [1.82, 2.24) is 4.90 Å². The number of aryl methyl sites for hydroxylation is 1. The van der Waals surface area contributed by atoms with Crippen LogP contribution in [-0.2, 0) is 0 Å². The van der Waals surface area contributed by atoms with Crippen molar-refractivity contribution in [3.8, 4) is 5.75 Å². The minimum absolute atomic E-state index is 0.510. The van der Waals surface area contributed by atoms with Gasteiger partial charge in [0.05, 0.1) is 0 Å². The molecule has 1 aliphatic heterocycles. The van der Waals surface area contributed by atoms with Crippen LogP contribution >= 0.6 is 0 Å². The van der Waals surface area contributed by atoms with Crippen LogP contribution < -0.4 is 4.74 Å². The first-order valence-corrected chi connectivity index (χ1v) is 8.41. The third-order valence-corrected chi connectivity index (χ3v) is 4.40. The number of nitrogens with zero attached hydrogens (tertiary/aromatic N) is 1. The van der Waals surface area contributed by atoms with Gasteiger partial charge in [-0.2, -0.15) is 0 Å². The molecule has 1 fully saturated rings. The Morgan fingerprint density at radius 3 is 2.48 bits per heavy atom. The second kappa shape index (κ2) is 7.31. The third kappa shape index (κ3) is 4.74. The van der Waals surface area contributed by atoms with Gasteiger partial charge in [-0.25, -0.2) is 0 Å². The molecular weight excluding hydrogens is 258 g/mol. The van der Waals surface area contributed by atoms with E-state index in [-0.39, 0.29) is 0 Å². The van der Waals surface area contributed by atoms with Crippen molar-refractivity contribution in [3.05, 3.63) is 29.3 Å². The molecule has 1 saturated heterocycles. The Kier molecular flexibility index (Phi) is 5.69. The molecule has 0 unspecified atom stereocenters. The zero-order valence-corrected chi connectivity index (χ0v) is 14.4. The van der Waals surface area contributed by atoms with Gasteiger partial charge in [0.1, 0.15) is 12.4 Å². The number of ether oxygens (including phenoxy) is 1. The van der Waals surface area contributed by atoms with Crippen LogP contribution in [0, 0.1) is 18.8 Å². The van der Waals surface area contributed by atoms with E-state index in [1.165, 1.54) is 30.6 Å². The summed E-state index contributed by atoms with van der Waals surface area (Å²) >= 11 is 0. The molecule has 1 aromatic carbocycles. The summed E-state index contributed by atoms with van der Waals surface area (Å²) in [6.07, 6.45) is 1.37. The normalized spacial score (nSPS) is 23.5. The maximum absolute atomic E-state index is 6.11. The fourth-order valence-electron chi connectivity index (χ4n) is 3.50. The van der Waals surface area contributed by atoms with Gasteiger partial charge in [0, 0.05) is 19.6 Å². The number of rotatable bonds is 5. The number of hydrogen-bond donors (Lipinski definition) is 0. The van der Waals surface area contributed by atoms with Gasteiger partial charge in [-0.1, -0.05) is 39.8 Å². The summed E-state index contributed by atoms with van der Waals surface area (Å²) in [6, 6.07) is 6.56. The molecule has 0 N–H and O–H groups in total. The molecule has 1 heterocycles. The predicted octanol–water partition coefficient (Wildman–Crippen LogP) is 4.48. The van der Waals surface area contributed by atoms with Crippen molar-refractivity contribution in [2.45, 2.75) is 47.0 Å². The molecule has 0 amide bonds. The summed E-state index contributed by atoms with van der Waals surface area (Å²) in [6.45, 7) is 15.6. The van der Waals surface area contributed by atoms with Crippen LogP contribution in [0.25, 0.3) is 0 Å². The van der Waals surface area contributed by atoms with E-state index < -0.39 is 0 Å². The summed E-state index contributed by atoms with van der Waals surface area (Å²) in [5.41, 5.74) is 2.59. The molecular formula is C19H31NO. The maximum Gasteiger partial charge on any atom is 0.123 e. The van der Waals surface area contributed by atoms with E-state index in [0.717, 1.165) is 30.7 Å². The lowest BCUT2D eigenvalue weighted by molar-refractivity contribution is 0.120. The average Bonchev–Trinajstić information content (AvgIpc) is 2.37. The quantitative estimate of drug-likeness (QED) is 0.792. The number of piperidine rings is 1. The van der Waals surface area contributed by atoms with Gasteiger partial charge >= 0.3 is 0 Å². The first-order valence-electron chi connectivity index (χ1n) is 8.41. The van der Waals surface area contributed by atoms with Crippen molar-refractivity contribution in [2.75, 3.05) is 26.2 Å². The van der Waals surface area contributed by atoms with E-state index in [0.29, 0.717) is 5.92 Å². The predicted molar refractivity (Wildman–Crippen MR) is 90.1 cm³/mol. The molecule has 0 saturated carbocycles. The lowest BCUT2D eigenvalue weighted by Crippen LogP contribution is -2.40. The molecule has 2 atom stereocenters. The Labute approximate surface area is 130 Å². The second-order valence-corrected chi connectivity index (χ2v) is 7.25. The summed E-state index contributed by atoms with van der Waals surface area (Å²) < 4.78 is 6.11. The van der Waals surface area contributed by atoms with Crippen molar-refractivity contribution < 1.29 is 4.74 Å². The Morgan fingerprint density at radius 1 is 1.19 bits per heavy atom. The zero-order chi connectivity index (χ0) is 15.4. The number of likely N-dealkylation sites (tertiary alicyclic amines) is 1. The lowest BCUT2D eigenvalue weighted by Gasteiger charge is -2.34. The topological polar surface area (TPSA) is 12.5 Å². The van der Waals surface area contributed by atoms with E-state index in [1.54, 1.807) is 0 Å². The van der Waals surface area contributed by atoms with Crippen molar-refractivity contribution in [2.24, 2.45) is 11.8 Å². The number of hydrogen-bond acceptors (Lipinski definition) is 2. The lowest BCUT2D eigenvalue weighted by atomic mass is 9.92. The van der Waals surface area contributed by atoms with Crippen LogP contribution in [0.3, 0.4) is 0 Å². The summed E-state index contributed by atoms with van der Waals surface area (Å²) in [5.74, 6) is 3.22. The molecule has 1 aliphatic rings. The summed E-state index contributed by atoms with van der Waals surface area (Å²) in [5, 5.41) is 0. The molecule has 118 valence electrons. The Balaban J connectivity index is 1.90.